The molecule has 3 aromatic rings. The summed E-state index contributed by atoms with van der Waals surface area (Å²) in [6, 6.07) is 7.30. The molecule has 0 amide bonds. The highest BCUT2D eigenvalue weighted by atomic mass is 19.1. The molecule has 3 rings (SSSR count). The summed E-state index contributed by atoms with van der Waals surface area (Å²) in [7, 11) is 2.84. The highest BCUT2D eigenvalue weighted by Gasteiger charge is 2.19. The smallest absolute Gasteiger partial charge is 0.336 e. The van der Waals surface area contributed by atoms with Crippen LogP contribution in [-0.2, 0) is 0 Å². The standard InChI is InChI=1S/C18H13F2NO4/c1-24-10-6-15-17(16(7-10)25-2)12(18(22)23)8-14(21-15)11-4-3-9(19)5-13(11)20/h3-8H,1-2H3,(H,22,23). The van der Waals surface area contributed by atoms with Gasteiger partial charge in [0.15, 0.2) is 0 Å². The van der Waals surface area contributed by atoms with Crippen molar-refractivity contribution >= 4 is 16.9 Å². The highest BCUT2D eigenvalue weighted by Crippen LogP contribution is 2.35. The summed E-state index contributed by atoms with van der Waals surface area (Å²) in [5, 5.41) is 9.81. The fourth-order valence-electron chi connectivity index (χ4n) is 2.59. The minimum absolute atomic E-state index is 0.00686. The molecule has 0 fully saturated rings. The van der Waals surface area contributed by atoms with Gasteiger partial charge in [0, 0.05) is 23.8 Å². The molecule has 0 spiro atoms. The number of hydrogen-bond acceptors (Lipinski definition) is 4. The number of pyridine rings is 1. The molecule has 1 heterocycles. The monoisotopic (exact) mass is 345 g/mol. The van der Waals surface area contributed by atoms with E-state index in [1.807, 2.05) is 0 Å². The summed E-state index contributed by atoms with van der Waals surface area (Å²) in [6.07, 6.45) is 0. The van der Waals surface area contributed by atoms with E-state index in [1.54, 1.807) is 0 Å². The molecule has 0 saturated heterocycles. The lowest BCUT2D eigenvalue weighted by Gasteiger charge is -2.13. The van der Waals surface area contributed by atoms with E-state index in [0.29, 0.717) is 11.8 Å². The third-order valence-corrected chi connectivity index (χ3v) is 3.74. The van der Waals surface area contributed by atoms with Crippen LogP contribution >= 0.6 is 0 Å². The summed E-state index contributed by atoms with van der Waals surface area (Å²) in [6.45, 7) is 0. The molecular weight excluding hydrogens is 332 g/mol. The van der Waals surface area contributed by atoms with Crippen molar-refractivity contribution in [3.8, 4) is 22.8 Å². The van der Waals surface area contributed by atoms with Gasteiger partial charge in [-0.15, -0.1) is 0 Å². The molecule has 0 aliphatic carbocycles. The topological polar surface area (TPSA) is 68.7 Å². The molecule has 0 atom stereocenters. The first-order valence-corrected chi connectivity index (χ1v) is 7.20. The molecule has 0 aliphatic heterocycles. The lowest BCUT2D eigenvalue weighted by atomic mass is 10.0. The average Bonchev–Trinajstić information content (AvgIpc) is 2.59. The van der Waals surface area contributed by atoms with Gasteiger partial charge in [0.2, 0.25) is 0 Å². The van der Waals surface area contributed by atoms with Crippen molar-refractivity contribution in [2.45, 2.75) is 0 Å². The first-order chi connectivity index (χ1) is 11.9. The SMILES string of the molecule is COc1cc(OC)c2c(C(=O)O)cc(-c3ccc(F)cc3F)nc2c1. The first kappa shape index (κ1) is 16.6. The molecule has 0 aliphatic rings. The van der Waals surface area contributed by atoms with Crippen molar-refractivity contribution < 1.29 is 28.2 Å². The van der Waals surface area contributed by atoms with Crippen molar-refractivity contribution in [3.63, 3.8) is 0 Å². The largest absolute Gasteiger partial charge is 0.497 e. The Labute approximate surface area is 141 Å². The number of methoxy groups -OCH3 is 2. The summed E-state index contributed by atoms with van der Waals surface area (Å²) < 4.78 is 37.6. The van der Waals surface area contributed by atoms with E-state index in [0.717, 1.165) is 6.07 Å². The normalized spacial score (nSPS) is 10.7. The average molecular weight is 345 g/mol. The number of carbonyl (C=O) groups is 1. The number of nitrogens with zero attached hydrogens (tertiary/aromatic N) is 1. The van der Waals surface area contributed by atoms with Crippen molar-refractivity contribution in [3.05, 3.63) is 53.6 Å². The summed E-state index contributed by atoms with van der Waals surface area (Å²) in [5.41, 5.74) is 0.211. The minimum Gasteiger partial charge on any atom is -0.497 e. The zero-order chi connectivity index (χ0) is 18.1. The highest BCUT2D eigenvalue weighted by molar-refractivity contribution is 6.06. The number of aromatic carboxylic acids is 1. The number of rotatable bonds is 4. The van der Waals surface area contributed by atoms with Crippen LogP contribution in [0.4, 0.5) is 8.78 Å². The van der Waals surface area contributed by atoms with Gasteiger partial charge in [-0.3, -0.25) is 0 Å². The minimum atomic E-state index is -1.22. The van der Waals surface area contributed by atoms with E-state index in [1.165, 1.54) is 38.5 Å². The van der Waals surface area contributed by atoms with Crippen LogP contribution in [0.2, 0.25) is 0 Å². The van der Waals surface area contributed by atoms with Gasteiger partial charge in [0.25, 0.3) is 0 Å². The van der Waals surface area contributed by atoms with Crippen molar-refractivity contribution in [1.29, 1.82) is 0 Å². The van der Waals surface area contributed by atoms with Crippen LogP contribution < -0.4 is 9.47 Å². The lowest BCUT2D eigenvalue weighted by Crippen LogP contribution is -2.03. The van der Waals surface area contributed by atoms with Crippen LogP contribution in [0.3, 0.4) is 0 Å². The van der Waals surface area contributed by atoms with Gasteiger partial charge in [-0.1, -0.05) is 0 Å². The molecule has 5 nitrogen and oxygen atoms in total. The molecule has 0 unspecified atom stereocenters. The van der Waals surface area contributed by atoms with Gasteiger partial charge in [-0.2, -0.15) is 0 Å². The quantitative estimate of drug-likeness (QED) is 0.777. The molecule has 1 aromatic heterocycles. The molecule has 25 heavy (non-hydrogen) atoms. The molecule has 128 valence electrons. The predicted octanol–water partition coefficient (Wildman–Crippen LogP) is 3.90. The number of aromatic nitrogens is 1. The van der Waals surface area contributed by atoms with Crippen molar-refractivity contribution in [1.82, 2.24) is 4.98 Å². The van der Waals surface area contributed by atoms with Crippen LogP contribution in [0.25, 0.3) is 22.2 Å². The molecule has 0 radical (unpaired) electrons. The zero-order valence-corrected chi connectivity index (χ0v) is 13.3. The first-order valence-electron chi connectivity index (χ1n) is 7.20. The van der Waals surface area contributed by atoms with Crippen LogP contribution in [0, 0.1) is 11.6 Å². The number of carboxylic acid groups (broad SMARTS) is 1. The van der Waals surface area contributed by atoms with E-state index < -0.39 is 17.6 Å². The van der Waals surface area contributed by atoms with Gasteiger partial charge < -0.3 is 14.6 Å². The number of hydrogen-bond donors (Lipinski definition) is 1. The molecule has 2 aromatic carbocycles. The Morgan fingerprint density at radius 3 is 2.44 bits per heavy atom. The second-order valence-electron chi connectivity index (χ2n) is 5.21. The second-order valence-corrected chi connectivity index (χ2v) is 5.21. The third kappa shape index (κ3) is 2.96. The van der Waals surface area contributed by atoms with E-state index in [4.69, 9.17) is 9.47 Å². The second kappa shape index (κ2) is 6.35. The molecule has 7 heteroatoms. The summed E-state index contributed by atoms with van der Waals surface area (Å²) in [4.78, 5) is 16.0. The fourth-order valence-corrected chi connectivity index (χ4v) is 2.59. The maximum absolute atomic E-state index is 14.1. The maximum Gasteiger partial charge on any atom is 0.336 e. The lowest BCUT2D eigenvalue weighted by molar-refractivity contribution is 0.0698. The van der Waals surface area contributed by atoms with Gasteiger partial charge in [0.05, 0.1) is 36.4 Å². The van der Waals surface area contributed by atoms with Gasteiger partial charge in [-0.25, -0.2) is 18.6 Å². The molecule has 1 N–H and O–H groups in total. The zero-order valence-electron chi connectivity index (χ0n) is 13.3. The number of ether oxygens (including phenoxy) is 2. The molecule has 0 saturated carbocycles. The number of halogens is 2. The molecular formula is C18H13F2NO4. The Kier molecular flexibility index (Phi) is 4.22. The van der Waals surface area contributed by atoms with Crippen molar-refractivity contribution in [2.75, 3.05) is 14.2 Å². The van der Waals surface area contributed by atoms with E-state index >= 15 is 0 Å². The van der Waals surface area contributed by atoms with E-state index in [9.17, 15) is 18.7 Å². The van der Waals surface area contributed by atoms with E-state index in [2.05, 4.69) is 4.98 Å². The Hall–Kier alpha value is -3.22. The van der Waals surface area contributed by atoms with Gasteiger partial charge in [0.1, 0.15) is 23.1 Å². The maximum atomic E-state index is 14.1. The van der Waals surface area contributed by atoms with Crippen molar-refractivity contribution in [2.24, 2.45) is 0 Å². The van der Waals surface area contributed by atoms with Gasteiger partial charge >= 0.3 is 5.97 Å². The number of carboxylic acids is 1. The number of fused-ring (bicyclic) bond motifs is 1. The summed E-state index contributed by atoms with van der Waals surface area (Å²) in [5.74, 6) is -2.11. The van der Waals surface area contributed by atoms with Crippen LogP contribution in [0.5, 0.6) is 11.5 Å². The van der Waals surface area contributed by atoms with Crippen LogP contribution in [-0.4, -0.2) is 30.3 Å². The van der Waals surface area contributed by atoms with Crippen LogP contribution in [0.15, 0.2) is 36.4 Å². The Balaban J connectivity index is 2.37. The van der Waals surface area contributed by atoms with E-state index in [-0.39, 0.29) is 33.5 Å². The number of benzene rings is 2. The fraction of sp³-hybridized carbons (Fsp3) is 0.111. The third-order valence-electron chi connectivity index (χ3n) is 3.74. The molecule has 0 bridgehead atoms. The Bertz CT molecular complexity index is 988. The Morgan fingerprint density at radius 2 is 1.84 bits per heavy atom. The summed E-state index contributed by atoms with van der Waals surface area (Å²) >= 11 is 0. The predicted molar refractivity (Wildman–Crippen MR) is 87.2 cm³/mol. The Morgan fingerprint density at radius 1 is 1.08 bits per heavy atom. The van der Waals surface area contributed by atoms with Crippen LogP contribution in [0.1, 0.15) is 10.4 Å². The van der Waals surface area contributed by atoms with Gasteiger partial charge in [-0.05, 0) is 18.2 Å².